The van der Waals surface area contributed by atoms with Crippen molar-refractivity contribution in [2.45, 2.75) is 71.6 Å². The summed E-state index contributed by atoms with van der Waals surface area (Å²) in [4.78, 5) is 13.8. The number of carbonyl (C=O) groups excluding carboxylic acids is 1. The number of carbonyl (C=O) groups is 1. The van der Waals surface area contributed by atoms with Crippen molar-refractivity contribution in [2.75, 3.05) is 13.6 Å². The van der Waals surface area contributed by atoms with Crippen LogP contribution in [0, 0.1) is 5.92 Å². The van der Waals surface area contributed by atoms with Crippen LogP contribution in [0.5, 0.6) is 0 Å². The molecule has 0 bridgehead atoms. The van der Waals surface area contributed by atoms with E-state index in [1.165, 1.54) is 38.5 Å². The number of likely N-dealkylation sites (N-methyl/N-ethyl adjacent to an activating group) is 1. The van der Waals surface area contributed by atoms with Crippen molar-refractivity contribution in [2.24, 2.45) is 5.92 Å². The number of aliphatic hydroxyl groups excluding tert-OH is 1. The Labute approximate surface area is 124 Å². The molecule has 0 saturated heterocycles. The molecular weight excluding hydrogens is 250 g/mol. The maximum Gasteiger partial charge on any atom is 0.253 e. The lowest BCUT2D eigenvalue weighted by Gasteiger charge is -2.18. The monoisotopic (exact) mass is 281 g/mol. The van der Waals surface area contributed by atoms with Gasteiger partial charge in [-0.2, -0.15) is 0 Å². The van der Waals surface area contributed by atoms with E-state index in [0.29, 0.717) is 17.9 Å². The second-order valence-corrected chi connectivity index (χ2v) is 6.06. The smallest absolute Gasteiger partial charge is 0.253 e. The molecule has 1 heterocycles. The van der Waals surface area contributed by atoms with Gasteiger partial charge in [-0.1, -0.05) is 58.8 Å². The molecule has 20 heavy (non-hydrogen) atoms. The zero-order chi connectivity index (χ0) is 15.0. The normalized spacial score (nSPS) is 17.1. The summed E-state index contributed by atoms with van der Waals surface area (Å²) in [6, 6.07) is 0. The van der Waals surface area contributed by atoms with Crippen molar-refractivity contribution < 1.29 is 9.90 Å². The number of nitrogens with zero attached hydrogens (tertiary/aromatic N) is 1. The Morgan fingerprint density at radius 2 is 1.60 bits per heavy atom. The topological polar surface area (TPSA) is 40.5 Å². The minimum Gasteiger partial charge on any atom is -0.510 e. The highest BCUT2D eigenvalue weighted by Crippen LogP contribution is 2.31. The molecule has 0 aromatic carbocycles. The van der Waals surface area contributed by atoms with Crippen LogP contribution in [0.4, 0.5) is 0 Å². The molecule has 0 radical (unpaired) electrons. The van der Waals surface area contributed by atoms with Crippen LogP contribution in [0.25, 0.3) is 0 Å². The maximum absolute atomic E-state index is 12.2. The average molecular weight is 281 g/mol. The lowest BCUT2D eigenvalue weighted by Crippen LogP contribution is -2.24. The number of amides is 1. The number of unbranched alkanes of at least 4 members (excludes halogenated alkanes) is 5. The molecule has 1 aliphatic heterocycles. The Balaban J connectivity index is 2.61. The summed E-state index contributed by atoms with van der Waals surface area (Å²) in [5.74, 6) is 0.616. The van der Waals surface area contributed by atoms with Gasteiger partial charge in [0.15, 0.2) is 0 Å². The van der Waals surface area contributed by atoms with Gasteiger partial charge >= 0.3 is 0 Å². The summed E-state index contributed by atoms with van der Waals surface area (Å²) in [7, 11) is 1.77. The molecule has 1 atom stereocenters. The Kier molecular flexibility index (Phi) is 7.71. The third-order valence-corrected chi connectivity index (χ3v) is 4.25. The van der Waals surface area contributed by atoms with Gasteiger partial charge in [0, 0.05) is 7.05 Å². The van der Waals surface area contributed by atoms with Crippen molar-refractivity contribution in [3.05, 3.63) is 11.3 Å². The molecule has 1 rings (SSSR count). The second kappa shape index (κ2) is 9.04. The van der Waals surface area contributed by atoms with Gasteiger partial charge in [0.2, 0.25) is 0 Å². The van der Waals surface area contributed by atoms with Crippen LogP contribution >= 0.6 is 0 Å². The highest BCUT2D eigenvalue weighted by atomic mass is 16.3. The Morgan fingerprint density at radius 1 is 1.05 bits per heavy atom. The maximum atomic E-state index is 12.2. The van der Waals surface area contributed by atoms with Crippen molar-refractivity contribution in [3.8, 4) is 0 Å². The standard InChI is InChI=1S/C17H31NO2/c1-4-6-8-10-12-14(11-9-7-5-2)16-15(19)13-18(3)17(16)20/h14,19H,4-13H2,1-3H3. The fourth-order valence-corrected chi connectivity index (χ4v) is 3.01. The first-order chi connectivity index (χ1) is 9.61. The predicted molar refractivity (Wildman–Crippen MR) is 83.7 cm³/mol. The third-order valence-electron chi connectivity index (χ3n) is 4.25. The average Bonchev–Trinajstić information content (AvgIpc) is 2.67. The molecule has 0 aliphatic carbocycles. The van der Waals surface area contributed by atoms with E-state index in [9.17, 15) is 9.90 Å². The van der Waals surface area contributed by atoms with Gasteiger partial charge in [-0.15, -0.1) is 0 Å². The number of rotatable bonds is 10. The van der Waals surface area contributed by atoms with E-state index in [0.717, 1.165) is 19.3 Å². The largest absolute Gasteiger partial charge is 0.510 e. The minimum absolute atomic E-state index is 0.0412. The molecule has 0 fully saturated rings. The molecular formula is C17H31NO2. The van der Waals surface area contributed by atoms with E-state index in [1.807, 2.05) is 0 Å². The summed E-state index contributed by atoms with van der Waals surface area (Å²) in [6.07, 6.45) is 10.5. The predicted octanol–water partition coefficient (Wildman–Crippen LogP) is 4.44. The lowest BCUT2D eigenvalue weighted by molar-refractivity contribution is -0.124. The molecule has 0 aromatic rings. The zero-order valence-electron chi connectivity index (χ0n) is 13.5. The van der Waals surface area contributed by atoms with E-state index >= 15 is 0 Å². The van der Waals surface area contributed by atoms with Crippen LogP contribution < -0.4 is 0 Å². The molecule has 0 aromatic heterocycles. The summed E-state index contributed by atoms with van der Waals surface area (Å²) in [6.45, 7) is 4.80. The first kappa shape index (κ1) is 17.1. The molecule has 1 unspecified atom stereocenters. The van der Waals surface area contributed by atoms with Crippen molar-refractivity contribution in [1.29, 1.82) is 0 Å². The van der Waals surface area contributed by atoms with Gasteiger partial charge in [-0.3, -0.25) is 4.79 Å². The SMILES string of the molecule is CCCCCCC(CCCCC)C1=C(O)CN(C)C1=O. The summed E-state index contributed by atoms with van der Waals surface area (Å²) < 4.78 is 0. The third kappa shape index (κ3) is 4.84. The fourth-order valence-electron chi connectivity index (χ4n) is 3.01. The number of hydrogen-bond donors (Lipinski definition) is 1. The first-order valence-corrected chi connectivity index (χ1v) is 8.29. The molecule has 3 heteroatoms. The van der Waals surface area contributed by atoms with Gasteiger partial charge in [-0.05, 0) is 18.8 Å². The molecule has 0 saturated carbocycles. The summed E-state index contributed by atoms with van der Waals surface area (Å²) in [5.41, 5.74) is 0.708. The van der Waals surface area contributed by atoms with Gasteiger partial charge in [-0.25, -0.2) is 0 Å². The summed E-state index contributed by atoms with van der Waals surface area (Å²) in [5, 5.41) is 10.1. The second-order valence-electron chi connectivity index (χ2n) is 6.06. The molecule has 0 spiro atoms. The van der Waals surface area contributed by atoms with Crippen LogP contribution in [0.2, 0.25) is 0 Å². The first-order valence-electron chi connectivity index (χ1n) is 8.29. The molecule has 1 aliphatic rings. The highest BCUT2D eigenvalue weighted by molar-refractivity contribution is 5.96. The van der Waals surface area contributed by atoms with E-state index in [4.69, 9.17) is 0 Å². The molecule has 1 amide bonds. The van der Waals surface area contributed by atoms with E-state index in [-0.39, 0.29) is 11.8 Å². The van der Waals surface area contributed by atoms with Gasteiger partial charge in [0.1, 0.15) is 5.76 Å². The molecule has 1 N–H and O–H groups in total. The Bertz CT molecular complexity index is 336. The van der Waals surface area contributed by atoms with Gasteiger partial charge in [0.05, 0.1) is 12.1 Å². The van der Waals surface area contributed by atoms with Crippen LogP contribution in [0.3, 0.4) is 0 Å². The summed E-state index contributed by atoms with van der Waals surface area (Å²) >= 11 is 0. The van der Waals surface area contributed by atoms with Crippen LogP contribution in [-0.2, 0) is 4.79 Å². The van der Waals surface area contributed by atoms with Crippen LogP contribution in [0.15, 0.2) is 11.3 Å². The van der Waals surface area contributed by atoms with E-state index in [2.05, 4.69) is 13.8 Å². The van der Waals surface area contributed by atoms with Crippen LogP contribution in [0.1, 0.15) is 71.6 Å². The number of aliphatic hydroxyl groups is 1. The Hall–Kier alpha value is -0.990. The number of hydrogen-bond acceptors (Lipinski definition) is 2. The lowest BCUT2D eigenvalue weighted by atomic mass is 9.87. The van der Waals surface area contributed by atoms with Gasteiger partial charge < -0.3 is 10.0 Å². The molecule has 3 nitrogen and oxygen atoms in total. The fraction of sp³-hybridized carbons (Fsp3) is 0.824. The van der Waals surface area contributed by atoms with E-state index < -0.39 is 0 Å². The highest BCUT2D eigenvalue weighted by Gasteiger charge is 2.32. The molecule has 116 valence electrons. The minimum atomic E-state index is 0.0412. The van der Waals surface area contributed by atoms with Crippen LogP contribution in [-0.4, -0.2) is 29.5 Å². The van der Waals surface area contributed by atoms with Crippen molar-refractivity contribution in [1.82, 2.24) is 4.90 Å². The zero-order valence-corrected chi connectivity index (χ0v) is 13.5. The van der Waals surface area contributed by atoms with Crippen molar-refractivity contribution in [3.63, 3.8) is 0 Å². The van der Waals surface area contributed by atoms with Crippen molar-refractivity contribution >= 4 is 5.91 Å². The van der Waals surface area contributed by atoms with Gasteiger partial charge in [0.25, 0.3) is 5.91 Å². The van der Waals surface area contributed by atoms with E-state index in [1.54, 1.807) is 11.9 Å². The quantitative estimate of drug-likeness (QED) is 0.601. The Morgan fingerprint density at radius 3 is 2.10 bits per heavy atom.